The lowest BCUT2D eigenvalue weighted by Gasteiger charge is -2.09. The van der Waals surface area contributed by atoms with Gasteiger partial charge in [-0.15, -0.1) is 0 Å². The first-order valence-corrected chi connectivity index (χ1v) is 6.48. The molecule has 0 atom stereocenters. The van der Waals surface area contributed by atoms with E-state index >= 15 is 0 Å². The van der Waals surface area contributed by atoms with Crippen molar-refractivity contribution in [3.8, 4) is 11.5 Å². The fourth-order valence-electron chi connectivity index (χ4n) is 1.61. The largest absolute Gasteiger partial charge is 0.490 e. The Kier molecular flexibility index (Phi) is 5.00. The lowest BCUT2D eigenvalue weighted by Crippen LogP contribution is -2.09. The standard InChI is InChI=1S/C15H12ClFO4/c16-14-6-5-12(9-13(14)15(18)19)21-8-7-20-11-3-1-10(17)2-4-11/h1-6,9H,7-8H2,(H,18,19). The Morgan fingerprint density at radius 2 is 1.62 bits per heavy atom. The van der Waals surface area contributed by atoms with E-state index in [1.54, 1.807) is 6.07 Å². The maximum atomic E-state index is 12.7. The number of ether oxygens (including phenoxy) is 2. The van der Waals surface area contributed by atoms with Gasteiger partial charge in [0.25, 0.3) is 0 Å². The normalized spacial score (nSPS) is 10.2. The Bertz CT molecular complexity index is 628. The van der Waals surface area contributed by atoms with Crippen LogP contribution in [0.4, 0.5) is 4.39 Å². The number of rotatable bonds is 6. The van der Waals surface area contributed by atoms with Crippen molar-refractivity contribution in [1.29, 1.82) is 0 Å². The van der Waals surface area contributed by atoms with Crippen LogP contribution < -0.4 is 9.47 Å². The first kappa shape index (κ1) is 15.1. The van der Waals surface area contributed by atoms with Crippen molar-refractivity contribution in [3.63, 3.8) is 0 Å². The number of aromatic carboxylic acids is 1. The summed E-state index contributed by atoms with van der Waals surface area (Å²) in [6, 6.07) is 10.0. The van der Waals surface area contributed by atoms with Gasteiger partial charge in [-0.2, -0.15) is 0 Å². The van der Waals surface area contributed by atoms with Crippen LogP contribution in [0.1, 0.15) is 10.4 Å². The average Bonchev–Trinajstić information content (AvgIpc) is 2.46. The van der Waals surface area contributed by atoms with E-state index < -0.39 is 5.97 Å². The van der Waals surface area contributed by atoms with Gasteiger partial charge in [-0.3, -0.25) is 0 Å². The minimum absolute atomic E-state index is 0.0198. The molecule has 0 fully saturated rings. The Hall–Kier alpha value is -2.27. The zero-order valence-corrected chi connectivity index (χ0v) is 11.6. The van der Waals surface area contributed by atoms with Crippen LogP contribution in [0, 0.1) is 5.82 Å². The van der Waals surface area contributed by atoms with Crippen LogP contribution in [0.15, 0.2) is 42.5 Å². The molecule has 4 nitrogen and oxygen atoms in total. The number of carbonyl (C=O) groups is 1. The second-order valence-corrected chi connectivity index (χ2v) is 4.50. The molecule has 2 aromatic carbocycles. The highest BCUT2D eigenvalue weighted by Crippen LogP contribution is 2.22. The van der Waals surface area contributed by atoms with Crippen molar-refractivity contribution in [2.24, 2.45) is 0 Å². The van der Waals surface area contributed by atoms with Crippen LogP contribution in [0.25, 0.3) is 0 Å². The molecule has 0 aliphatic rings. The van der Waals surface area contributed by atoms with E-state index in [1.165, 1.54) is 36.4 Å². The monoisotopic (exact) mass is 310 g/mol. The molecular weight excluding hydrogens is 299 g/mol. The zero-order chi connectivity index (χ0) is 15.2. The van der Waals surface area contributed by atoms with Gasteiger partial charge >= 0.3 is 5.97 Å². The molecule has 110 valence electrons. The summed E-state index contributed by atoms with van der Waals surface area (Å²) in [6.07, 6.45) is 0. The van der Waals surface area contributed by atoms with Gasteiger partial charge in [0.1, 0.15) is 30.5 Å². The molecule has 0 saturated heterocycles. The molecular formula is C15H12ClFO4. The third-order valence-electron chi connectivity index (χ3n) is 2.60. The summed E-state index contributed by atoms with van der Waals surface area (Å²) in [4.78, 5) is 10.9. The van der Waals surface area contributed by atoms with E-state index in [9.17, 15) is 9.18 Å². The predicted octanol–water partition coefficient (Wildman–Crippen LogP) is 3.64. The highest BCUT2D eigenvalue weighted by Gasteiger charge is 2.09. The first-order valence-electron chi connectivity index (χ1n) is 6.10. The zero-order valence-electron chi connectivity index (χ0n) is 10.9. The van der Waals surface area contributed by atoms with Crippen LogP contribution in [0.2, 0.25) is 5.02 Å². The SMILES string of the molecule is O=C(O)c1cc(OCCOc2ccc(F)cc2)ccc1Cl. The Morgan fingerprint density at radius 3 is 2.24 bits per heavy atom. The first-order chi connectivity index (χ1) is 10.1. The van der Waals surface area contributed by atoms with Gasteiger partial charge in [-0.05, 0) is 42.5 Å². The van der Waals surface area contributed by atoms with E-state index in [1.807, 2.05) is 0 Å². The Balaban J connectivity index is 1.85. The van der Waals surface area contributed by atoms with E-state index in [-0.39, 0.29) is 29.6 Å². The molecule has 0 bridgehead atoms. The minimum Gasteiger partial charge on any atom is -0.490 e. The van der Waals surface area contributed by atoms with Gasteiger partial charge in [-0.1, -0.05) is 11.6 Å². The van der Waals surface area contributed by atoms with Crippen molar-refractivity contribution >= 4 is 17.6 Å². The quantitative estimate of drug-likeness (QED) is 0.828. The maximum absolute atomic E-state index is 12.7. The second-order valence-electron chi connectivity index (χ2n) is 4.10. The van der Waals surface area contributed by atoms with Crippen LogP contribution in [-0.4, -0.2) is 24.3 Å². The van der Waals surface area contributed by atoms with Crippen molar-refractivity contribution in [3.05, 3.63) is 58.9 Å². The van der Waals surface area contributed by atoms with Crippen LogP contribution in [0.3, 0.4) is 0 Å². The van der Waals surface area contributed by atoms with Gasteiger partial charge in [0.2, 0.25) is 0 Å². The van der Waals surface area contributed by atoms with Crippen molar-refractivity contribution in [1.82, 2.24) is 0 Å². The molecule has 0 saturated carbocycles. The van der Waals surface area contributed by atoms with E-state index in [0.29, 0.717) is 11.5 Å². The van der Waals surface area contributed by atoms with Crippen molar-refractivity contribution < 1.29 is 23.8 Å². The highest BCUT2D eigenvalue weighted by molar-refractivity contribution is 6.33. The van der Waals surface area contributed by atoms with Crippen LogP contribution >= 0.6 is 11.6 Å². The Morgan fingerprint density at radius 1 is 1.05 bits per heavy atom. The Labute approximate surface area is 125 Å². The lowest BCUT2D eigenvalue weighted by molar-refractivity contribution is 0.0696. The summed E-state index contributed by atoms with van der Waals surface area (Å²) in [5, 5.41) is 9.09. The lowest BCUT2D eigenvalue weighted by atomic mass is 10.2. The summed E-state index contributed by atoms with van der Waals surface area (Å²) < 4.78 is 23.4. The average molecular weight is 311 g/mol. The predicted molar refractivity (Wildman–Crippen MR) is 75.8 cm³/mol. The van der Waals surface area contributed by atoms with Crippen molar-refractivity contribution in [2.75, 3.05) is 13.2 Å². The second kappa shape index (κ2) is 6.95. The molecule has 1 N–H and O–H groups in total. The summed E-state index contributed by atoms with van der Waals surface area (Å²) in [6.45, 7) is 0.467. The molecule has 0 aromatic heterocycles. The van der Waals surface area contributed by atoms with E-state index in [2.05, 4.69) is 0 Å². The fraction of sp³-hybridized carbons (Fsp3) is 0.133. The number of hydrogen-bond donors (Lipinski definition) is 1. The third kappa shape index (κ3) is 4.36. The topological polar surface area (TPSA) is 55.8 Å². The van der Waals surface area contributed by atoms with Crippen LogP contribution in [-0.2, 0) is 0 Å². The van der Waals surface area contributed by atoms with Gasteiger partial charge in [0.15, 0.2) is 0 Å². The molecule has 0 amide bonds. The summed E-state index contributed by atoms with van der Waals surface area (Å²) in [5.41, 5.74) is -0.0198. The number of halogens is 2. The smallest absolute Gasteiger partial charge is 0.337 e. The minimum atomic E-state index is -1.12. The summed E-state index contributed by atoms with van der Waals surface area (Å²) >= 11 is 5.75. The highest BCUT2D eigenvalue weighted by atomic mass is 35.5. The van der Waals surface area contributed by atoms with E-state index in [4.69, 9.17) is 26.2 Å². The molecule has 0 radical (unpaired) electrons. The van der Waals surface area contributed by atoms with Gasteiger partial charge in [0.05, 0.1) is 10.6 Å². The number of carboxylic acid groups (broad SMARTS) is 1. The molecule has 0 unspecified atom stereocenters. The van der Waals surface area contributed by atoms with Gasteiger partial charge in [0, 0.05) is 0 Å². The maximum Gasteiger partial charge on any atom is 0.337 e. The molecule has 21 heavy (non-hydrogen) atoms. The van der Waals surface area contributed by atoms with Gasteiger partial charge in [-0.25, -0.2) is 9.18 Å². The summed E-state index contributed by atoms with van der Waals surface area (Å²) in [5.74, 6) is -0.532. The molecule has 6 heteroatoms. The van der Waals surface area contributed by atoms with Crippen molar-refractivity contribution in [2.45, 2.75) is 0 Å². The van der Waals surface area contributed by atoms with Gasteiger partial charge < -0.3 is 14.6 Å². The van der Waals surface area contributed by atoms with Crippen LogP contribution in [0.5, 0.6) is 11.5 Å². The van der Waals surface area contributed by atoms with E-state index in [0.717, 1.165) is 0 Å². The molecule has 2 aromatic rings. The summed E-state index contributed by atoms with van der Waals surface area (Å²) in [7, 11) is 0. The number of hydrogen-bond acceptors (Lipinski definition) is 3. The molecule has 0 heterocycles. The fourth-order valence-corrected chi connectivity index (χ4v) is 1.81. The molecule has 0 aliphatic carbocycles. The third-order valence-corrected chi connectivity index (χ3v) is 2.93. The molecule has 2 rings (SSSR count). The number of benzene rings is 2. The molecule has 0 spiro atoms. The number of carboxylic acids is 1. The molecule has 0 aliphatic heterocycles.